The number of nitrogens with one attached hydrogen (secondary N) is 2. The molecule has 12 heteroatoms. The van der Waals surface area contributed by atoms with Crippen molar-refractivity contribution in [3.8, 4) is 0 Å². The van der Waals surface area contributed by atoms with Crippen molar-refractivity contribution in [2.45, 2.75) is 39.2 Å². The normalized spacial score (nSPS) is 10.8. The van der Waals surface area contributed by atoms with E-state index < -0.39 is 36.2 Å². The summed E-state index contributed by atoms with van der Waals surface area (Å²) in [6, 6.07) is 0. The van der Waals surface area contributed by atoms with Crippen LogP contribution in [0, 0.1) is 0 Å². The van der Waals surface area contributed by atoms with Crippen LogP contribution >= 0.6 is 0 Å². The fraction of sp³-hybridized carbons (Fsp3) is 0.550. The summed E-state index contributed by atoms with van der Waals surface area (Å²) in [5.74, 6) is -2.21. The van der Waals surface area contributed by atoms with E-state index in [0.29, 0.717) is 0 Å². The summed E-state index contributed by atoms with van der Waals surface area (Å²) >= 11 is 0. The van der Waals surface area contributed by atoms with Crippen LogP contribution in [0.4, 0.5) is 9.59 Å². The summed E-state index contributed by atoms with van der Waals surface area (Å²) in [6.07, 6.45) is -2.43. The Balaban J connectivity index is 4.37. The van der Waals surface area contributed by atoms with Gasteiger partial charge in [-0.1, -0.05) is 13.2 Å². The predicted molar refractivity (Wildman–Crippen MR) is 111 cm³/mol. The van der Waals surface area contributed by atoms with Crippen molar-refractivity contribution >= 4 is 30.1 Å². The molecule has 0 heterocycles. The van der Waals surface area contributed by atoms with Gasteiger partial charge in [0.15, 0.2) is 0 Å². The molecule has 0 spiro atoms. The van der Waals surface area contributed by atoms with Crippen molar-refractivity contribution in [3.63, 3.8) is 0 Å². The smallest absolute Gasteiger partial charge is 0.407 e. The van der Waals surface area contributed by atoms with Crippen molar-refractivity contribution in [2.75, 3.05) is 32.9 Å². The van der Waals surface area contributed by atoms with Gasteiger partial charge < -0.3 is 34.7 Å². The maximum atomic E-state index is 11.9. The Kier molecular flexibility index (Phi) is 14.4. The lowest BCUT2D eigenvalue weighted by Gasteiger charge is -2.18. The highest BCUT2D eigenvalue weighted by Crippen LogP contribution is 2.07. The number of hydrogen-bond acceptors (Lipinski definition) is 9. The number of ether oxygens (including phenoxy) is 4. The molecule has 0 rings (SSSR count). The Morgan fingerprint density at radius 2 is 1.34 bits per heavy atom. The number of carbonyl (C=O) groups excluding carboxylic acids is 4. The lowest BCUT2D eigenvalue weighted by atomic mass is 10.1. The highest BCUT2D eigenvalue weighted by Gasteiger charge is 2.18. The van der Waals surface area contributed by atoms with E-state index in [2.05, 4.69) is 23.8 Å². The first-order valence-corrected chi connectivity index (χ1v) is 9.75. The molecule has 32 heavy (non-hydrogen) atoms. The van der Waals surface area contributed by atoms with Gasteiger partial charge in [-0.3, -0.25) is 4.79 Å². The summed E-state index contributed by atoms with van der Waals surface area (Å²) < 4.78 is 19.7. The molecule has 12 nitrogen and oxygen atoms in total. The molecule has 0 aromatic heterocycles. The molecule has 0 radical (unpaired) electrons. The van der Waals surface area contributed by atoms with Gasteiger partial charge in [-0.05, 0) is 26.7 Å². The second-order valence-electron chi connectivity index (χ2n) is 6.60. The predicted octanol–water partition coefficient (Wildman–Crippen LogP) is 1.30. The van der Waals surface area contributed by atoms with Gasteiger partial charge in [0.05, 0.1) is 13.1 Å². The molecule has 1 atom stereocenters. The van der Waals surface area contributed by atoms with Crippen molar-refractivity contribution in [1.29, 1.82) is 0 Å². The maximum absolute atomic E-state index is 11.9. The van der Waals surface area contributed by atoms with Crippen molar-refractivity contribution in [2.24, 2.45) is 0 Å². The molecule has 0 saturated carbocycles. The number of alkyl carbamates (subject to hydrolysis) is 2. The zero-order chi connectivity index (χ0) is 24.5. The van der Waals surface area contributed by atoms with Crippen LogP contribution in [0.5, 0.6) is 0 Å². The van der Waals surface area contributed by atoms with E-state index in [9.17, 15) is 24.0 Å². The number of aliphatic carboxylic acids is 1. The molecule has 0 saturated heterocycles. The Bertz CT molecular complexity index is 704. The summed E-state index contributed by atoms with van der Waals surface area (Å²) in [5.41, 5.74) is 0.441. The second-order valence-corrected chi connectivity index (χ2v) is 6.60. The lowest BCUT2D eigenvalue weighted by molar-refractivity contribution is -0.139. The Morgan fingerprint density at radius 3 is 1.81 bits per heavy atom. The zero-order valence-electron chi connectivity index (χ0n) is 18.3. The van der Waals surface area contributed by atoms with E-state index in [1.165, 1.54) is 13.8 Å². The van der Waals surface area contributed by atoms with E-state index in [0.717, 1.165) is 0 Å². The molecular formula is C20H30N2O10. The first-order chi connectivity index (χ1) is 15.0. The van der Waals surface area contributed by atoms with Gasteiger partial charge in [-0.15, -0.1) is 0 Å². The van der Waals surface area contributed by atoms with Gasteiger partial charge in [0.2, 0.25) is 0 Å². The molecule has 0 aromatic rings. The molecule has 3 N–H and O–H groups in total. The fourth-order valence-corrected chi connectivity index (χ4v) is 1.91. The van der Waals surface area contributed by atoms with E-state index in [4.69, 9.17) is 24.1 Å². The molecule has 1 unspecified atom stereocenters. The average Bonchev–Trinajstić information content (AvgIpc) is 2.71. The first kappa shape index (κ1) is 28.4. The topological polar surface area (TPSA) is 167 Å². The molecule has 0 fully saturated rings. The van der Waals surface area contributed by atoms with Crippen molar-refractivity contribution in [1.82, 2.24) is 10.6 Å². The van der Waals surface area contributed by atoms with Gasteiger partial charge in [0, 0.05) is 17.6 Å². The highest BCUT2D eigenvalue weighted by molar-refractivity contribution is 5.87. The van der Waals surface area contributed by atoms with Gasteiger partial charge in [-0.2, -0.15) is 0 Å². The highest BCUT2D eigenvalue weighted by atomic mass is 16.6. The standard InChI is InChI=1S/C20H30N2O10/c1-13(2)17(25)29-10-8-21-19(27)31-12-15(6-5-7-16(23)24)32-20(28)22-9-11-30-18(26)14(3)4/h15H,1,3,5-12H2,2,4H3,(H,21,27)(H,22,28)(H,23,24). The quantitative estimate of drug-likeness (QED) is 0.141. The SMILES string of the molecule is C=C(C)C(=O)OCCNC(=O)OCC(CCCC(=O)O)OC(=O)NCCOC(=O)C(=C)C. The minimum absolute atomic E-state index is 0.00815. The molecule has 0 aliphatic carbocycles. The molecule has 180 valence electrons. The van der Waals surface area contributed by atoms with Crippen molar-refractivity contribution < 1.29 is 48.0 Å². The number of rotatable bonds is 15. The minimum atomic E-state index is -1.02. The third-order valence-corrected chi connectivity index (χ3v) is 3.50. The van der Waals surface area contributed by atoms with Gasteiger partial charge in [-0.25, -0.2) is 19.2 Å². The van der Waals surface area contributed by atoms with E-state index in [1.54, 1.807) is 0 Å². The first-order valence-electron chi connectivity index (χ1n) is 9.75. The van der Waals surface area contributed by atoms with Crippen LogP contribution in [-0.4, -0.2) is 74.2 Å². The summed E-state index contributed by atoms with van der Waals surface area (Å²) in [4.78, 5) is 56.8. The summed E-state index contributed by atoms with van der Waals surface area (Å²) in [6.45, 7) is 9.27. The largest absolute Gasteiger partial charge is 0.481 e. The summed E-state index contributed by atoms with van der Waals surface area (Å²) in [5, 5.41) is 13.5. The fourth-order valence-electron chi connectivity index (χ4n) is 1.91. The monoisotopic (exact) mass is 458 g/mol. The molecular weight excluding hydrogens is 428 g/mol. The van der Waals surface area contributed by atoms with Crippen LogP contribution in [0.25, 0.3) is 0 Å². The Morgan fingerprint density at radius 1 is 0.844 bits per heavy atom. The number of carboxylic acids is 1. The molecule has 0 bridgehead atoms. The van der Waals surface area contributed by atoms with Crippen LogP contribution < -0.4 is 10.6 Å². The van der Waals surface area contributed by atoms with Crippen LogP contribution in [0.15, 0.2) is 24.3 Å². The van der Waals surface area contributed by atoms with Crippen LogP contribution in [-0.2, 0) is 33.3 Å². The van der Waals surface area contributed by atoms with E-state index >= 15 is 0 Å². The number of hydrogen-bond donors (Lipinski definition) is 3. The van der Waals surface area contributed by atoms with Gasteiger partial charge in [0.1, 0.15) is 25.9 Å². The average molecular weight is 458 g/mol. The maximum Gasteiger partial charge on any atom is 0.407 e. The van der Waals surface area contributed by atoms with E-state index in [-0.39, 0.29) is 63.3 Å². The number of amides is 2. The number of esters is 2. The second kappa shape index (κ2) is 16.2. The Labute approximate surface area is 185 Å². The van der Waals surface area contributed by atoms with Crippen LogP contribution in [0.2, 0.25) is 0 Å². The number of carboxylic acid groups (broad SMARTS) is 1. The zero-order valence-corrected chi connectivity index (χ0v) is 18.3. The molecule has 2 amide bonds. The van der Waals surface area contributed by atoms with Crippen molar-refractivity contribution in [3.05, 3.63) is 24.3 Å². The summed E-state index contributed by atoms with van der Waals surface area (Å²) in [7, 11) is 0. The van der Waals surface area contributed by atoms with E-state index in [1.807, 2.05) is 0 Å². The van der Waals surface area contributed by atoms with Crippen LogP contribution in [0.1, 0.15) is 33.1 Å². The lowest BCUT2D eigenvalue weighted by Crippen LogP contribution is -2.36. The van der Waals surface area contributed by atoms with Gasteiger partial charge >= 0.3 is 30.1 Å². The molecule has 0 aliphatic rings. The van der Waals surface area contributed by atoms with Gasteiger partial charge in [0.25, 0.3) is 0 Å². The minimum Gasteiger partial charge on any atom is -0.481 e. The molecule has 0 aromatic carbocycles. The van der Waals surface area contributed by atoms with Crippen LogP contribution in [0.3, 0.4) is 0 Å². The third-order valence-electron chi connectivity index (χ3n) is 3.50. The third kappa shape index (κ3) is 15.3. The molecule has 0 aliphatic heterocycles. The number of carbonyl (C=O) groups is 5. The Hall–Kier alpha value is -3.57.